The van der Waals surface area contributed by atoms with Gasteiger partial charge in [0.1, 0.15) is 0 Å². The summed E-state index contributed by atoms with van der Waals surface area (Å²) in [4.78, 5) is 7.02. The molecule has 0 saturated heterocycles. The van der Waals surface area contributed by atoms with Crippen molar-refractivity contribution in [3.63, 3.8) is 0 Å². The molecule has 1 N–H and O–H groups in total. The number of hydrogen-bond donors (Lipinski definition) is 1. The average Bonchev–Trinajstić information content (AvgIpc) is 2.48. The maximum atomic E-state index is 4.61. The van der Waals surface area contributed by atoms with Gasteiger partial charge in [0.05, 0.1) is 17.6 Å². The van der Waals surface area contributed by atoms with E-state index in [4.69, 9.17) is 0 Å². The molecule has 0 spiro atoms. The lowest BCUT2D eigenvalue weighted by Crippen LogP contribution is -2.33. The lowest BCUT2D eigenvalue weighted by Gasteiger charge is -2.32. The summed E-state index contributed by atoms with van der Waals surface area (Å²) in [6.07, 6.45) is 8.83. The minimum atomic E-state index is 0.332. The first-order valence-corrected chi connectivity index (χ1v) is 7.64. The lowest BCUT2D eigenvalue weighted by molar-refractivity contribution is 0.427. The highest BCUT2D eigenvalue weighted by Crippen LogP contribution is 2.26. The van der Waals surface area contributed by atoms with E-state index in [0.717, 1.165) is 12.2 Å². The van der Waals surface area contributed by atoms with Crippen LogP contribution in [0.5, 0.6) is 0 Å². The van der Waals surface area contributed by atoms with Crippen molar-refractivity contribution >= 4 is 5.69 Å². The van der Waals surface area contributed by atoms with Gasteiger partial charge in [-0.3, -0.25) is 4.98 Å². The number of aromatic nitrogens is 1. The van der Waals surface area contributed by atoms with Gasteiger partial charge in [-0.05, 0) is 38.4 Å². The van der Waals surface area contributed by atoms with Crippen LogP contribution >= 0.6 is 0 Å². The Labute approximate surface area is 117 Å². The summed E-state index contributed by atoms with van der Waals surface area (Å²) in [7, 11) is 2.21. The molecule has 0 radical (unpaired) electrons. The molecule has 1 heterocycles. The summed E-state index contributed by atoms with van der Waals surface area (Å²) in [6, 6.07) is 5.40. The van der Waals surface area contributed by atoms with E-state index >= 15 is 0 Å². The van der Waals surface area contributed by atoms with E-state index in [-0.39, 0.29) is 0 Å². The van der Waals surface area contributed by atoms with Gasteiger partial charge >= 0.3 is 0 Å². The Morgan fingerprint density at radius 3 is 2.63 bits per heavy atom. The maximum absolute atomic E-state index is 4.61. The summed E-state index contributed by atoms with van der Waals surface area (Å²) >= 11 is 0. The fraction of sp³-hybridized carbons (Fsp3) is 0.688. The largest absolute Gasteiger partial charge is 0.370 e. The summed E-state index contributed by atoms with van der Waals surface area (Å²) < 4.78 is 0. The lowest BCUT2D eigenvalue weighted by atomic mass is 9.94. The number of rotatable bonds is 5. The first-order chi connectivity index (χ1) is 9.22. The first-order valence-electron chi connectivity index (χ1n) is 7.64. The van der Waals surface area contributed by atoms with E-state index in [1.807, 2.05) is 6.20 Å². The topological polar surface area (TPSA) is 28.2 Å². The third kappa shape index (κ3) is 3.69. The minimum Gasteiger partial charge on any atom is -0.370 e. The van der Waals surface area contributed by atoms with Gasteiger partial charge in [0.15, 0.2) is 0 Å². The molecule has 1 aromatic rings. The molecule has 2 rings (SSSR count). The van der Waals surface area contributed by atoms with Crippen LogP contribution in [0, 0.1) is 0 Å². The zero-order chi connectivity index (χ0) is 13.7. The van der Waals surface area contributed by atoms with Crippen molar-refractivity contribution in [3.8, 4) is 0 Å². The van der Waals surface area contributed by atoms with Crippen LogP contribution in [-0.2, 0) is 0 Å². The van der Waals surface area contributed by atoms with Crippen LogP contribution in [0.2, 0.25) is 0 Å². The molecule has 1 unspecified atom stereocenters. The molecule has 1 aliphatic carbocycles. The third-order valence-electron chi connectivity index (χ3n) is 4.25. The number of nitrogens with one attached hydrogen (secondary N) is 1. The Morgan fingerprint density at radius 1 is 1.32 bits per heavy atom. The van der Waals surface area contributed by atoms with Gasteiger partial charge in [-0.2, -0.15) is 0 Å². The fourth-order valence-electron chi connectivity index (χ4n) is 2.95. The van der Waals surface area contributed by atoms with Crippen molar-refractivity contribution in [2.24, 2.45) is 0 Å². The smallest absolute Gasteiger partial charge is 0.0572 e. The molecule has 3 nitrogen and oxygen atoms in total. The van der Waals surface area contributed by atoms with Crippen LogP contribution in [0.3, 0.4) is 0 Å². The van der Waals surface area contributed by atoms with Gasteiger partial charge in [-0.1, -0.05) is 26.2 Å². The second-order valence-corrected chi connectivity index (χ2v) is 5.62. The zero-order valence-corrected chi connectivity index (χ0v) is 12.5. The van der Waals surface area contributed by atoms with Crippen LogP contribution in [0.1, 0.15) is 57.7 Å². The molecule has 1 saturated carbocycles. The van der Waals surface area contributed by atoms with Crippen LogP contribution in [0.25, 0.3) is 0 Å². The van der Waals surface area contributed by atoms with Crippen LogP contribution < -0.4 is 10.2 Å². The predicted molar refractivity (Wildman–Crippen MR) is 81.6 cm³/mol. The molecular weight excluding hydrogens is 234 g/mol. The van der Waals surface area contributed by atoms with Gasteiger partial charge < -0.3 is 10.2 Å². The molecular formula is C16H27N3. The summed E-state index contributed by atoms with van der Waals surface area (Å²) in [6.45, 7) is 5.27. The van der Waals surface area contributed by atoms with Gasteiger partial charge in [-0.25, -0.2) is 0 Å². The van der Waals surface area contributed by atoms with Gasteiger partial charge in [0, 0.05) is 19.1 Å². The van der Waals surface area contributed by atoms with E-state index in [9.17, 15) is 0 Å². The van der Waals surface area contributed by atoms with Crippen LogP contribution in [0.15, 0.2) is 18.3 Å². The maximum Gasteiger partial charge on any atom is 0.0572 e. The monoisotopic (exact) mass is 261 g/mol. The Kier molecular flexibility index (Phi) is 5.20. The predicted octanol–water partition coefficient (Wildman–Crippen LogP) is 3.52. The average molecular weight is 261 g/mol. The SMILES string of the molecule is CCNC(C)c1ccc(N(C)C2CCCCC2)cn1. The van der Waals surface area contributed by atoms with Crippen molar-refractivity contribution in [2.45, 2.75) is 58.0 Å². The molecule has 0 aliphatic heterocycles. The standard InChI is InChI=1S/C16H27N3/c1-4-17-13(2)16-11-10-15(12-18-16)19(3)14-8-6-5-7-9-14/h10-14,17H,4-9H2,1-3H3. The van der Waals surface area contributed by atoms with E-state index in [2.05, 4.69) is 48.2 Å². The highest BCUT2D eigenvalue weighted by atomic mass is 15.1. The molecule has 1 aliphatic rings. The second kappa shape index (κ2) is 6.90. The van der Waals surface area contributed by atoms with Gasteiger partial charge in [-0.15, -0.1) is 0 Å². The first kappa shape index (κ1) is 14.3. The van der Waals surface area contributed by atoms with Crippen molar-refractivity contribution in [1.82, 2.24) is 10.3 Å². The molecule has 1 fully saturated rings. The highest BCUT2D eigenvalue weighted by molar-refractivity contribution is 5.45. The molecule has 3 heteroatoms. The van der Waals surface area contributed by atoms with Crippen molar-refractivity contribution in [2.75, 3.05) is 18.5 Å². The van der Waals surface area contributed by atoms with E-state index in [1.165, 1.54) is 37.8 Å². The quantitative estimate of drug-likeness (QED) is 0.879. The highest BCUT2D eigenvalue weighted by Gasteiger charge is 2.18. The van der Waals surface area contributed by atoms with E-state index < -0.39 is 0 Å². The fourth-order valence-corrected chi connectivity index (χ4v) is 2.95. The minimum absolute atomic E-state index is 0.332. The van der Waals surface area contributed by atoms with Crippen molar-refractivity contribution < 1.29 is 0 Å². The summed E-state index contributed by atoms with van der Waals surface area (Å²) in [5, 5.41) is 3.40. The third-order valence-corrected chi connectivity index (χ3v) is 4.25. The molecule has 19 heavy (non-hydrogen) atoms. The molecule has 0 bridgehead atoms. The Hall–Kier alpha value is -1.09. The summed E-state index contributed by atoms with van der Waals surface area (Å²) in [5.74, 6) is 0. The molecule has 0 amide bonds. The second-order valence-electron chi connectivity index (χ2n) is 5.62. The molecule has 1 atom stereocenters. The molecule has 1 aromatic heterocycles. The van der Waals surface area contributed by atoms with Gasteiger partial charge in [0.2, 0.25) is 0 Å². The normalized spacial score (nSPS) is 18.3. The molecule has 106 valence electrons. The Bertz CT molecular complexity index is 368. The summed E-state index contributed by atoms with van der Waals surface area (Å²) in [5.41, 5.74) is 2.38. The number of nitrogens with zero attached hydrogens (tertiary/aromatic N) is 2. The number of pyridine rings is 1. The Balaban J connectivity index is 2.00. The van der Waals surface area contributed by atoms with Crippen LogP contribution in [0.4, 0.5) is 5.69 Å². The van der Waals surface area contributed by atoms with E-state index in [0.29, 0.717) is 12.1 Å². The molecule has 0 aromatic carbocycles. The van der Waals surface area contributed by atoms with E-state index in [1.54, 1.807) is 0 Å². The van der Waals surface area contributed by atoms with Crippen molar-refractivity contribution in [3.05, 3.63) is 24.0 Å². The number of hydrogen-bond acceptors (Lipinski definition) is 3. The van der Waals surface area contributed by atoms with Crippen LogP contribution in [-0.4, -0.2) is 24.6 Å². The number of anilines is 1. The van der Waals surface area contributed by atoms with Gasteiger partial charge in [0.25, 0.3) is 0 Å². The van der Waals surface area contributed by atoms with Crippen molar-refractivity contribution in [1.29, 1.82) is 0 Å². The zero-order valence-electron chi connectivity index (χ0n) is 12.5. The Morgan fingerprint density at radius 2 is 2.05 bits per heavy atom.